The van der Waals surface area contributed by atoms with Crippen molar-refractivity contribution in [2.75, 3.05) is 5.32 Å². The number of hydrogen-bond acceptors (Lipinski definition) is 3. The molecule has 0 radical (unpaired) electrons. The third-order valence-corrected chi connectivity index (χ3v) is 4.61. The van der Waals surface area contributed by atoms with Crippen LogP contribution in [0.5, 0.6) is 0 Å². The number of halogens is 1. The highest BCUT2D eigenvalue weighted by atomic mass is 35.5. The molecule has 3 N–H and O–H groups in total. The molecule has 20 heavy (non-hydrogen) atoms. The minimum Gasteiger partial charge on any atom is -0.389 e. The number of rotatable bonds is 3. The fourth-order valence-corrected chi connectivity index (χ4v) is 2.86. The van der Waals surface area contributed by atoms with Crippen molar-refractivity contribution in [3.63, 3.8) is 0 Å². The van der Waals surface area contributed by atoms with Crippen LogP contribution in [0.3, 0.4) is 0 Å². The van der Waals surface area contributed by atoms with Crippen molar-refractivity contribution in [1.82, 2.24) is 0 Å². The van der Waals surface area contributed by atoms with E-state index in [4.69, 9.17) is 29.6 Å². The Hall–Kier alpha value is -1.43. The van der Waals surface area contributed by atoms with Gasteiger partial charge in [-0.3, -0.25) is 4.79 Å². The molecular weight excluding hydrogens is 312 g/mol. The van der Waals surface area contributed by atoms with E-state index in [1.165, 1.54) is 11.3 Å². The number of nitrogens with two attached hydrogens (primary N) is 1. The Bertz CT molecular complexity index is 675. The standard InChI is InChI=1S/C14H13ClN2OS2/c1-7-5-12(20-8(7)2)14(18)17-11-6-9(13(16)19)3-4-10(11)15/h3-6H,1-2H3,(H2,16,19)(H,17,18). The summed E-state index contributed by atoms with van der Waals surface area (Å²) < 4.78 is 0. The molecule has 1 aromatic heterocycles. The highest BCUT2D eigenvalue weighted by molar-refractivity contribution is 7.80. The van der Waals surface area contributed by atoms with E-state index in [0.29, 0.717) is 21.2 Å². The minimum atomic E-state index is -0.187. The third kappa shape index (κ3) is 3.17. The van der Waals surface area contributed by atoms with E-state index in [1.54, 1.807) is 18.2 Å². The lowest BCUT2D eigenvalue weighted by Gasteiger charge is -2.08. The molecule has 0 unspecified atom stereocenters. The second-order valence-electron chi connectivity index (χ2n) is 4.36. The van der Waals surface area contributed by atoms with Crippen molar-refractivity contribution >= 4 is 51.7 Å². The van der Waals surface area contributed by atoms with Gasteiger partial charge in [0.1, 0.15) is 4.99 Å². The molecule has 0 aliphatic rings. The maximum Gasteiger partial charge on any atom is 0.265 e. The Morgan fingerprint density at radius 1 is 1.35 bits per heavy atom. The number of thiophene rings is 1. The van der Waals surface area contributed by atoms with Crippen LogP contribution in [-0.4, -0.2) is 10.9 Å². The lowest BCUT2D eigenvalue weighted by atomic mass is 10.2. The molecule has 1 heterocycles. The number of amides is 1. The number of aryl methyl sites for hydroxylation is 2. The van der Waals surface area contributed by atoms with E-state index in [1.807, 2.05) is 19.9 Å². The summed E-state index contributed by atoms with van der Waals surface area (Å²) in [6.45, 7) is 3.96. The quantitative estimate of drug-likeness (QED) is 0.842. The summed E-state index contributed by atoms with van der Waals surface area (Å²) in [7, 11) is 0. The molecule has 2 rings (SSSR count). The van der Waals surface area contributed by atoms with Gasteiger partial charge in [0.05, 0.1) is 15.6 Å². The zero-order valence-electron chi connectivity index (χ0n) is 11.0. The number of carbonyl (C=O) groups is 1. The Morgan fingerprint density at radius 2 is 2.05 bits per heavy atom. The number of thiocarbonyl (C=S) groups is 1. The second-order valence-corrected chi connectivity index (χ2v) is 6.47. The first-order chi connectivity index (χ1) is 9.38. The van der Waals surface area contributed by atoms with Crippen LogP contribution in [0, 0.1) is 13.8 Å². The molecule has 0 bridgehead atoms. The molecular formula is C14H13ClN2OS2. The number of carbonyl (C=O) groups excluding carboxylic acids is 1. The van der Waals surface area contributed by atoms with Crippen LogP contribution in [0.2, 0.25) is 5.02 Å². The molecule has 0 spiro atoms. The largest absolute Gasteiger partial charge is 0.389 e. The molecule has 3 nitrogen and oxygen atoms in total. The molecule has 104 valence electrons. The number of hydrogen-bond donors (Lipinski definition) is 2. The number of nitrogens with one attached hydrogen (secondary N) is 1. The summed E-state index contributed by atoms with van der Waals surface area (Å²) in [5.74, 6) is -0.187. The predicted octanol–water partition coefficient (Wildman–Crippen LogP) is 3.90. The summed E-state index contributed by atoms with van der Waals surface area (Å²) >= 11 is 12.4. The van der Waals surface area contributed by atoms with Crippen molar-refractivity contribution in [2.24, 2.45) is 5.73 Å². The molecule has 0 aliphatic heterocycles. The summed E-state index contributed by atoms with van der Waals surface area (Å²) in [6.07, 6.45) is 0. The highest BCUT2D eigenvalue weighted by Crippen LogP contribution is 2.26. The number of benzene rings is 1. The molecule has 6 heteroatoms. The summed E-state index contributed by atoms with van der Waals surface area (Å²) in [5.41, 5.74) is 7.85. The predicted molar refractivity (Wildman–Crippen MR) is 89.1 cm³/mol. The van der Waals surface area contributed by atoms with E-state index in [-0.39, 0.29) is 10.9 Å². The average molecular weight is 325 g/mol. The second kappa shape index (κ2) is 5.91. The molecule has 1 amide bonds. The Morgan fingerprint density at radius 3 is 2.60 bits per heavy atom. The van der Waals surface area contributed by atoms with Crippen LogP contribution in [0.1, 0.15) is 25.7 Å². The molecule has 0 aliphatic carbocycles. The fraction of sp³-hybridized carbons (Fsp3) is 0.143. The van der Waals surface area contributed by atoms with Gasteiger partial charge in [0.2, 0.25) is 0 Å². The maximum absolute atomic E-state index is 12.2. The van der Waals surface area contributed by atoms with Crippen LogP contribution >= 0.6 is 35.2 Å². The van der Waals surface area contributed by atoms with Gasteiger partial charge in [0, 0.05) is 10.4 Å². The molecule has 0 fully saturated rings. The van der Waals surface area contributed by atoms with Gasteiger partial charge < -0.3 is 11.1 Å². The van der Waals surface area contributed by atoms with Crippen LogP contribution in [-0.2, 0) is 0 Å². The van der Waals surface area contributed by atoms with Gasteiger partial charge in [-0.1, -0.05) is 29.9 Å². The molecule has 0 atom stereocenters. The first-order valence-electron chi connectivity index (χ1n) is 5.86. The smallest absolute Gasteiger partial charge is 0.265 e. The summed E-state index contributed by atoms with van der Waals surface area (Å²) in [4.78, 5) is 14.2. The monoisotopic (exact) mass is 324 g/mol. The topological polar surface area (TPSA) is 55.1 Å². The minimum absolute atomic E-state index is 0.187. The highest BCUT2D eigenvalue weighted by Gasteiger charge is 2.13. The molecule has 1 aromatic carbocycles. The van der Waals surface area contributed by atoms with Crippen molar-refractivity contribution in [3.8, 4) is 0 Å². The van der Waals surface area contributed by atoms with Crippen LogP contribution in [0.25, 0.3) is 0 Å². The molecule has 0 saturated heterocycles. The lowest BCUT2D eigenvalue weighted by Crippen LogP contribution is -2.13. The van der Waals surface area contributed by atoms with Crippen LogP contribution in [0.15, 0.2) is 24.3 Å². The van der Waals surface area contributed by atoms with Gasteiger partial charge in [0.15, 0.2) is 0 Å². The van der Waals surface area contributed by atoms with E-state index in [0.717, 1.165) is 10.4 Å². The fourth-order valence-electron chi connectivity index (χ4n) is 1.64. The van der Waals surface area contributed by atoms with Gasteiger partial charge in [-0.25, -0.2) is 0 Å². The van der Waals surface area contributed by atoms with E-state index in [2.05, 4.69) is 5.32 Å². The van der Waals surface area contributed by atoms with Crippen molar-refractivity contribution < 1.29 is 4.79 Å². The zero-order chi connectivity index (χ0) is 14.9. The number of anilines is 1. The molecule has 2 aromatic rings. The maximum atomic E-state index is 12.2. The first kappa shape index (κ1) is 15.0. The van der Waals surface area contributed by atoms with E-state index >= 15 is 0 Å². The van der Waals surface area contributed by atoms with E-state index < -0.39 is 0 Å². The Balaban J connectivity index is 2.27. The van der Waals surface area contributed by atoms with Crippen molar-refractivity contribution in [2.45, 2.75) is 13.8 Å². The summed E-state index contributed by atoms with van der Waals surface area (Å²) in [5, 5.41) is 3.23. The van der Waals surface area contributed by atoms with E-state index in [9.17, 15) is 4.79 Å². The van der Waals surface area contributed by atoms with Gasteiger partial charge in [-0.15, -0.1) is 11.3 Å². The average Bonchev–Trinajstić information content (AvgIpc) is 2.72. The Labute approximate surface area is 131 Å². The summed E-state index contributed by atoms with van der Waals surface area (Å²) in [6, 6.07) is 6.92. The molecule has 0 saturated carbocycles. The zero-order valence-corrected chi connectivity index (χ0v) is 13.4. The van der Waals surface area contributed by atoms with Gasteiger partial charge in [-0.2, -0.15) is 0 Å². The van der Waals surface area contributed by atoms with Gasteiger partial charge >= 0.3 is 0 Å². The Kier molecular flexibility index (Phi) is 4.42. The van der Waals surface area contributed by atoms with Gasteiger partial charge in [-0.05, 0) is 37.6 Å². The van der Waals surface area contributed by atoms with Crippen LogP contribution < -0.4 is 11.1 Å². The van der Waals surface area contributed by atoms with Crippen molar-refractivity contribution in [3.05, 3.63) is 50.2 Å². The SMILES string of the molecule is Cc1cc(C(=O)Nc2cc(C(N)=S)ccc2Cl)sc1C. The first-order valence-corrected chi connectivity index (χ1v) is 7.46. The third-order valence-electron chi connectivity index (χ3n) is 2.89. The normalized spacial score (nSPS) is 10.3. The lowest BCUT2D eigenvalue weighted by molar-refractivity contribution is 0.103. The van der Waals surface area contributed by atoms with Crippen LogP contribution in [0.4, 0.5) is 5.69 Å². The van der Waals surface area contributed by atoms with Crippen molar-refractivity contribution in [1.29, 1.82) is 0 Å². The van der Waals surface area contributed by atoms with Gasteiger partial charge in [0.25, 0.3) is 5.91 Å².